The van der Waals surface area contributed by atoms with E-state index in [0.29, 0.717) is 17.0 Å². The maximum absolute atomic E-state index is 11.0. The number of aromatic nitrogens is 1. The van der Waals surface area contributed by atoms with Crippen molar-refractivity contribution in [1.82, 2.24) is 4.98 Å². The van der Waals surface area contributed by atoms with Crippen molar-refractivity contribution >= 4 is 17.1 Å². The van der Waals surface area contributed by atoms with Crippen LogP contribution >= 0.6 is 0 Å². The molecule has 0 saturated carbocycles. The van der Waals surface area contributed by atoms with Crippen molar-refractivity contribution < 1.29 is 18.7 Å². The molecule has 0 atom stereocenters. The summed E-state index contributed by atoms with van der Waals surface area (Å²) in [6.45, 7) is 5.68. The molecule has 0 fully saturated rings. The van der Waals surface area contributed by atoms with Gasteiger partial charge in [0.25, 0.3) is 0 Å². The van der Waals surface area contributed by atoms with Gasteiger partial charge in [-0.1, -0.05) is 0 Å². The van der Waals surface area contributed by atoms with E-state index in [2.05, 4.69) is 4.98 Å². The zero-order valence-corrected chi connectivity index (χ0v) is 11.4. The number of oxazole rings is 1. The van der Waals surface area contributed by atoms with Gasteiger partial charge in [0.15, 0.2) is 5.58 Å². The molecule has 0 aliphatic heterocycles. The number of carboxylic acid groups (broad SMARTS) is 1. The van der Waals surface area contributed by atoms with Crippen LogP contribution in [0.4, 0.5) is 0 Å². The van der Waals surface area contributed by atoms with Crippen molar-refractivity contribution in [2.24, 2.45) is 0 Å². The first-order chi connectivity index (χ1) is 9.47. The van der Waals surface area contributed by atoms with E-state index in [1.165, 1.54) is 12.1 Å². The molecule has 20 heavy (non-hydrogen) atoms. The van der Waals surface area contributed by atoms with Crippen LogP contribution in [0.25, 0.3) is 22.6 Å². The Bertz CT molecular complexity index is 826. The van der Waals surface area contributed by atoms with Gasteiger partial charge < -0.3 is 13.9 Å². The lowest BCUT2D eigenvalue weighted by Crippen LogP contribution is -1.94. The number of aromatic carboxylic acids is 1. The number of nitrogens with zero attached hydrogens (tertiary/aromatic N) is 1. The normalized spacial score (nSPS) is 11.2. The van der Waals surface area contributed by atoms with E-state index in [1.54, 1.807) is 6.07 Å². The number of aryl methyl sites for hydroxylation is 2. The first-order valence-electron chi connectivity index (χ1n) is 6.18. The predicted molar refractivity (Wildman–Crippen MR) is 72.9 cm³/mol. The summed E-state index contributed by atoms with van der Waals surface area (Å²) in [4.78, 5) is 15.3. The van der Waals surface area contributed by atoms with Crippen molar-refractivity contribution in [3.8, 4) is 11.5 Å². The smallest absolute Gasteiger partial charge is 0.335 e. The molecule has 2 heterocycles. The highest BCUT2D eigenvalue weighted by atomic mass is 16.4. The van der Waals surface area contributed by atoms with Gasteiger partial charge >= 0.3 is 5.97 Å². The van der Waals surface area contributed by atoms with Crippen LogP contribution in [-0.4, -0.2) is 16.1 Å². The second kappa shape index (κ2) is 4.23. The quantitative estimate of drug-likeness (QED) is 0.768. The average Bonchev–Trinajstić information content (AvgIpc) is 2.90. The van der Waals surface area contributed by atoms with E-state index in [-0.39, 0.29) is 5.56 Å². The van der Waals surface area contributed by atoms with Crippen molar-refractivity contribution in [3.05, 3.63) is 40.8 Å². The van der Waals surface area contributed by atoms with Gasteiger partial charge in [-0.25, -0.2) is 9.78 Å². The van der Waals surface area contributed by atoms with Crippen LogP contribution < -0.4 is 0 Å². The minimum absolute atomic E-state index is 0.189. The number of furan rings is 1. The molecule has 0 unspecified atom stereocenters. The number of hydrogen-bond acceptors (Lipinski definition) is 4. The Kier molecular flexibility index (Phi) is 2.64. The Labute approximate surface area is 114 Å². The van der Waals surface area contributed by atoms with Gasteiger partial charge in [0, 0.05) is 5.56 Å². The van der Waals surface area contributed by atoms with E-state index in [4.69, 9.17) is 13.9 Å². The highest BCUT2D eigenvalue weighted by Gasteiger charge is 2.19. The first kappa shape index (κ1) is 12.5. The fourth-order valence-electron chi connectivity index (χ4n) is 2.28. The van der Waals surface area contributed by atoms with Crippen LogP contribution in [-0.2, 0) is 0 Å². The minimum Gasteiger partial charge on any atom is -0.478 e. The second-order valence-electron chi connectivity index (χ2n) is 4.72. The SMILES string of the molecule is Cc1oc(C)c(-c2nc3cc(C(=O)O)ccc3o2)c1C. The van der Waals surface area contributed by atoms with Crippen LogP contribution in [0.1, 0.15) is 27.4 Å². The number of fused-ring (bicyclic) bond motifs is 1. The topological polar surface area (TPSA) is 76.5 Å². The molecule has 3 rings (SSSR count). The van der Waals surface area contributed by atoms with E-state index >= 15 is 0 Å². The molecule has 0 aliphatic rings. The lowest BCUT2D eigenvalue weighted by Gasteiger charge is -1.93. The average molecular weight is 271 g/mol. The summed E-state index contributed by atoms with van der Waals surface area (Å²) in [5, 5.41) is 8.99. The molecule has 0 radical (unpaired) electrons. The molecular formula is C15H13NO4. The standard InChI is InChI=1S/C15H13NO4/c1-7-8(2)19-9(3)13(7)14-16-11-6-10(15(17)18)4-5-12(11)20-14/h4-6H,1-3H3,(H,17,18). The summed E-state index contributed by atoms with van der Waals surface area (Å²) in [5.74, 6) is 1.04. The van der Waals surface area contributed by atoms with Crippen molar-refractivity contribution in [2.45, 2.75) is 20.8 Å². The summed E-state index contributed by atoms with van der Waals surface area (Å²) in [5.41, 5.74) is 3.08. The first-order valence-corrected chi connectivity index (χ1v) is 6.18. The summed E-state index contributed by atoms with van der Waals surface area (Å²) in [7, 11) is 0. The molecule has 1 N–H and O–H groups in total. The molecule has 102 valence electrons. The lowest BCUT2D eigenvalue weighted by molar-refractivity contribution is 0.0697. The monoisotopic (exact) mass is 271 g/mol. The van der Waals surface area contributed by atoms with Crippen LogP contribution in [0.2, 0.25) is 0 Å². The summed E-state index contributed by atoms with van der Waals surface area (Å²) < 4.78 is 11.3. The number of carbonyl (C=O) groups is 1. The van der Waals surface area contributed by atoms with E-state index < -0.39 is 5.97 Å². The van der Waals surface area contributed by atoms with Crippen molar-refractivity contribution in [2.75, 3.05) is 0 Å². The van der Waals surface area contributed by atoms with Crippen molar-refractivity contribution in [1.29, 1.82) is 0 Å². The minimum atomic E-state index is -0.983. The van der Waals surface area contributed by atoms with Crippen molar-refractivity contribution in [3.63, 3.8) is 0 Å². The third-order valence-electron chi connectivity index (χ3n) is 3.41. The number of rotatable bonds is 2. The Morgan fingerprint density at radius 2 is 1.90 bits per heavy atom. The summed E-state index contributed by atoms with van der Waals surface area (Å²) in [6.07, 6.45) is 0. The molecule has 0 amide bonds. The third kappa shape index (κ3) is 1.79. The number of hydrogen-bond donors (Lipinski definition) is 1. The molecule has 5 nitrogen and oxygen atoms in total. The maximum atomic E-state index is 11.0. The van der Waals surface area contributed by atoms with Crippen LogP contribution in [0.5, 0.6) is 0 Å². The van der Waals surface area contributed by atoms with Gasteiger partial charge in [0.05, 0.1) is 11.1 Å². The van der Waals surface area contributed by atoms with E-state index in [1.807, 2.05) is 20.8 Å². The van der Waals surface area contributed by atoms with Gasteiger partial charge in [0.1, 0.15) is 17.0 Å². The highest BCUT2D eigenvalue weighted by molar-refractivity contribution is 5.92. The van der Waals surface area contributed by atoms with Gasteiger partial charge in [-0.3, -0.25) is 0 Å². The van der Waals surface area contributed by atoms with Crippen LogP contribution in [0.3, 0.4) is 0 Å². The predicted octanol–water partition coefficient (Wildman–Crippen LogP) is 3.71. The largest absolute Gasteiger partial charge is 0.478 e. The van der Waals surface area contributed by atoms with Gasteiger partial charge in [-0.2, -0.15) is 0 Å². The van der Waals surface area contributed by atoms with E-state index in [0.717, 1.165) is 22.6 Å². The van der Waals surface area contributed by atoms with Gasteiger partial charge in [-0.15, -0.1) is 0 Å². The Morgan fingerprint density at radius 3 is 2.50 bits per heavy atom. The molecule has 3 aromatic rings. The Hall–Kier alpha value is -2.56. The highest BCUT2D eigenvalue weighted by Crippen LogP contribution is 2.33. The second-order valence-corrected chi connectivity index (χ2v) is 4.72. The van der Waals surface area contributed by atoms with Gasteiger partial charge in [0.2, 0.25) is 5.89 Å². The molecule has 0 saturated heterocycles. The Morgan fingerprint density at radius 1 is 1.15 bits per heavy atom. The zero-order chi connectivity index (χ0) is 14.4. The van der Waals surface area contributed by atoms with Crippen LogP contribution in [0, 0.1) is 20.8 Å². The number of carboxylic acids is 1. The van der Waals surface area contributed by atoms with Gasteiger partial charge in [-0.05, 0) is 39.0 Å². The molecule has 0 bridgehead atoms. The lowest BCUT2D eigenvalue weighted by atomic mass is 10.1. The summed E-state index contributed by atoms with van der Waals surface area (Å²) >= 11 is 0. The molecule has 1 aromatic carbocycles. The fraction of sp³-hybridized carbons (Fsp3) is 0.200. The molecule has 2 aromatic heterocycles. The number of benzene rings is 1. The maximum Gasteiger partial charge on any atom is 0.335 e. The molecule has 0 aliphatic carbocycles. The molecular weight excluding hydrogens is 258 g/mol. The third-order valence-corrected chi connectivity index (χ3v) is 3.41. The Balaban J connectivity index is 2.20. The zero-order valence-electron chi connectivity index (χ0n) is 11.4. The van der Waals surface area contributed by atoms with E-state index in [9.17, 15) is 4.79 Å². The molecule has 5 heteroatoms. The molecule has 0 spiro atoms. The fourth-order valence-corrected chi connectivity index (χ4v) is 2.28. The summed E-state index contributed by atoms with van der Waals surface area (Å²) in [6, 6.07) is 4.62. The van der Waals surface area contributed by atoms with Crippen LogP contribution in [0.15, 0.2) is 27.0 Å².